The summed E-state index contributed by atoms with van der Waals surface area (Å²) in [6.45, 7) is 4.47. The van der Waals surface area contributed by atoms with E-state index in [9.17, 15) is 9.59 Å². The molecule has 0 radical (unpaired) electrons. The molecular weight excluding hydrogens is 426 g/mol. The van der Waals surface area contributed by atoms with Crippen molar-refractivity contribution < 1.29 is 14.1 Å². The molecule has 8 nitrogen and oxygen atoms in total. The summed E-state index contributed by atoms with van der Waals surface area (Å²) in [5, 5.41) is 7.47. The Labute approximate surface area is 170 Å². The number of aryl methyl sites for hydroxylation is 1. The van der Waals surface area contributed by atoms with Gasteiger partial charge in [0.2, 0.25) is 5.91 Å². The molecule has 1 saturated heterocycles. The van der Waals surface area contributed by atoms with Crippen molar-refractivity contribution in [1.82, 2.24) is 19.9 Å². The van der Waals surface area contributed by atoms with Gasteiger partial charge in [-0.05, 0) is 31.2 Å². The molecule has 0 bridgehead atoms. The predicted octanol–water partition coefficient (Wildman–Crippen LogP) is 2.62. The largest absolute Gasteiger partial charge is 0.360 e. The van der Waals surface area contributed by atoms with Gasteiger partial charge >= 0.3 is 0 Å². The van der Waals surface area contributed by atoms with Gasteiger partial charge in [-0.2, -0.15) is 0 Å². The maximum atomic E-state index is 12.8. The minimum Gasteiger partial charge on any atom is -0.360 e. The van der Waals surface area contributed by atoms with Crippen LogP contribution in [0.25, 0.3) is 10.9 Å². The van der Waals surface area contributed by atoms with Gasteiger partial charge in [0, 0.05) is 47.6 Å². The molecule has 9 heteroatoms. The standard InChI is InChI=1S/C19H20BrN5O3/c1-12-8-17(23-28-12)22-18(26)11-24-4-6-25(7-5-24)19(27)16-10-13-9-14(20)2-3-15(13)21-16/h2-3,8-10,21H,4-7,11H2,1H3,(H,22,23,26). The normalized spacial score (nSPS) is 15.1. The molecule has 146 valence electrons. The number of nitrogens with one attached hydrogen (secondary N) is 2. The first-order valence-corrected chi connectivity index (χ1v) is 9.80. The SMILES string of the molecule is Cc1cc(NC(=O)CN2CCN(C(=O)c3cc4cc(Br)ccc4[nH]3)CC2)no1. The Morgan fingerprint density at radius 1 is 1.21 bits per heavy atom. The van der Waals surface area contributed by atoms with E-state index in [1.165, 1.54) is 0 Å². The quantitative estimate of drug-likeness (QED) is 0.643. The highest BCUT2D eigenvalue weighted by Crippen LogP contribution is 2.21. The van der Waals surface area contributed by atoms with E-state index in [4.69, 9.17) is 4.52 Å². The van der Waals surface area contributed by atoms with Crippen LogP contribution in [0.5, 0.6) is 0 Å². The summed E-state index contributed by atoms with van der Waals surface area (Å²) >= 11 is 3.45. The van der Waals surface area contributed by atoms with E-state index in [-0.39, 0.29) is 18.4 Å². The van der Waals surface area contributed by atoms with E-state index in [2.05, 4.69) is 31.4 Å². The monoisotopic (exact) mass is 445 g/mol. The van der Waals surface area contributed by atoms with Crippen LogP contribution in [0.1, 0.15) is 16.2 Å². The molecule has 3 heterocycles. The average molecular weight is 446 g/mol. The molecule has 2 N–H and O–H groups in total. The van der Waals surface area contributed by atoms with Crippen molar-refractivity contribution in [2.24, 2.45) is 0 Å². The number of H-pyrrole nitrogens is 1. The van der Waals surface area contributed by atoms with E-state index in [1.54, 1.807) is 13.0 Å². The number of aromatic nitrogens is 2. The van der Waals surface area contributed by atoms with Crippen molar-refractivity contribution in [2.45, 2.75) is 6.92 Å². The third kappa shape index (κ3) is 4.10. The number of hydrogen-bond donors (Lipinski definition) is 2. The first-order chi connectivity index (χ1) is 13.5. The molecule has 0 aliphatic carbocycles. The highest BCUT2D eigenvalue weighted by atomic mass is 79.9. The van der Waals surface area contributed by atoms with Crippen LogP contribution in [-0.4, -0.2) is 64.5 Å². The molecule has 2 aromatic heterocycles. The minimum atomic E-state index is -0.144. The van der Waals surface area contributed by atoms with Gasteiger partial charge in [0.05, 0.1) is 6.54 Å². The average Bonchev–Trinajstić information content (AvgIpc) is 3.27. The number of halogens is 1. The third-order valence-electron chi connectivity index (χ3n) is 4.74. The van der Waals surface area contributed by atoms with Gasteiger partial charge in [-0.25, -0.2) is 0 Å². The molecule has 3 aromatic rings. The van der Waals surface area contributed by atoms with Crippen molar-refractivity contribution in [1.29, 1.82) is 0 Å². The summed E-state index contributed by atoms with van der Waals surface area (Å²) in [7, 11) is 0. The van der Waals surface area contributed by atoms with Crippen molar-refractivity contribution >= 4 is 44.5 Å². The van der Waals surface area contributed by atoms with E-state index in [0.29, 0.717) is 43.5 Å². The van der Waals surface area contributed by atoms with Crippen LogP contribution in [0, 0.1) is 6.92 Å². The summed E-state index contributed by atoms with van der Waals surface area (Å²) < 4.78 is 5.92. The van der Waals surface area contributed by atoms with Crippen LogP contribution in [0.4, 0.5) is 5.82 Å². The first-order valence-electron chi connectivity index (χ1n) is 9.01. The number of amides is 2. The summed E-state index contributed by atoms with van der Waals surface area (Å²) in [6, 6.07) is 9.42. The second-order valence-corrected chi connectivity index (χ2v) is 7.77. The fourth-order valence-electron chi connectivity index (χ4n) is 3.31. The second-order valence-electron chi connectivity index (χ2n) is 6.85. The van der Waals surface area contributed by atoms with Crippen LogP contribution in [-0.2, 0) is 4.79 Å². The van der Waals surface area contributed by atoms with Crippen LogP contribution < -0.4 is 5.32 Å². The molecule has 1 aromatic carbocycles. The van der Waals surface area contributed by atoms with Crippen LogP contribution in [0.15, 0.2) is 39.3 Å². The van der Waals surface area contributed by atoms with Crippen molar-refractivity contribution in [3.63, 3.8) is 0 Å². The van der Waals surface area contributed by atoms with Crippen LogP contribution >= 0.6 is 15.9 Å². The van der Waals surface area contributed by atoms with E-state index in [1.807, 2.05) is 34.1 Å². The molecule has 1 fully saturated rings. The summed E-state index contributed by atoms with van der Waals surface area (Å²) in [4.78, 5) is 31.9. The maximum Gasteiger partial charge on any atom is 0.270 e. The Morgan fingerprint density at radius 3 is 2.71 bits per heavy atom. The zero-order valence-corrected chi connectivity index (χ0v) is 17.0. The van der Waals surface area contributed by atoms with Crippen LogP contribution in [0.2, 0.25) is 0 Å². The van der Waals surface area contributed by atoms with E-state index >= 15 is 0 Å². The lowest BCUT2D eigenvalue weighted by molar-refractivity contribution is -0.117. The number of rotatable bonds is 4. The number of nitrogens with zero attached hydrogens (tertiary/aromatic N) is 3. The molecule has 0 atom stereocenters. The Morgan fingerprint density at radius 2 is 2.00 bits per heavy atom. The Bertz CT molecular complexity index is 1020. The van der Waals surface area contributed by atoms with Gasteiger partial charge in [0.1, 0.15) is 11.5 Å². The molecular formula is C19H20BrN5O3. The molecule has 0 unspecified atom stereocenters. The van der Waals surface area contributed by atoms with Crippen molar-refractivity contribution in [3.05, 3.63) is 46.3 Å². The van der Waals surface area contributed by atoms with Gasteiger partial charge in [0.15, 0.2) is 5.82 Å². The molecule has 0 saturated carbocycles. The van der Waals surface area contributed by atoms with E-state index < -0.39 is 0 Å². The topological polar surface area (TPSA) is 94.5 Å². The van der Waals surface area contributed by atoms with Crippen LogP contribution in [0.3, 0.4) is 0 Å². The van der Waals surface area contributed by atoms with Crippen molar-refractivity contribution in [3.8, 4) is 0 Å². The zero-order valence-electron chi connectivity index (χ0n) is 15.4. The van der Waals surface area contributed by atoms with Gasteiger partial charge in [-0.1, -0.05) is 21.1 Å². The number of hydrogen-bond acceptors (Lipinski definition) is 5. The highest BCUT2D eigenvalue weighted by molar-refractivity contribution is 9.10. The summed E-state index contributed by atoms with van der Waals surface area (Å²) in [6.07, 6.45) is 0. The summed E-state index contributed by atoms with van der Waals surface area (Å²) in [5.41, 5.74) is 1.52. The predicted molar refractivity (Wildman–Crippen MR) is 108 cm³/mol. The lowest BCUT2D eigenvalue weighted by Gasteiger charge is -2.34. The Hall–Kier alpha value is -2.65. The van der Waals surface area contributed by atoms with Gasteiger partial charge in [-0.15, -0.1) is 0 Å². The van der Waals surface area contributed by atoms with Gasteiger partial charge < -0.3 is 19.7 Å². The fourth-order valence-corrected chi connectivity index (χ4v) is 3.69. The first kappa shape index (κ1) is 18.7. The molecule has 0 spiro atoms. The summed E-state index contributed by atoms with van der Waals surface area (Å²) in [5.74, 6) is 0.900. The van der Waals surface area contributed by atoms with E-state index in [0.717, 1.165) is 15.4 Å². The lowest BCUT2D eigenvalue weighted by atomic mass is 10.2. The fraction of sp³-hybridized carbons (Fsp3) is 0.316. The zero-order chi connectivity index (χ0) is 19.7. The number of anilines is 1. The lowest BCUT2D eigenvalue weighted by Crippen LogP contribution is -2.50. The Balaban J connectivity index is 1.31. The number of carbonyl (C=O) groups is 2. The Kier molecular flexibility index (Phi) is 5.19. The highest BCUT2D eigenvalue weighted by Gasteiger charge is 2.24. The second kappa shape index (κ2) is 7.76. The molecule has 1 aliphatic heterocycles. The van der Waals surface area contributed by atoms with Gasteiger partial charge in [0.25, 0.3) is 5.91 Å². The number of carbonyl (C=O) groups excluding carboxylic acids is 2. The number of fused-ring (bicyclic) bond motifs is 1. The molecule has 4 rings (SSSR count). The maximum absolute atomic E-state index is 12.8. The molecule has 28 heavy (non-hydrogen) atoms. The number of aromatic amines is 1. The number of piperazine rings is 1. The minimum absolute atomic E-state index is 0.0190. The molecule has 2 amide bonds. The third-order valence-corrected chi connectivity index (χ3v) is 5.23. The van der Waals surface area contributed by atoms with Gasteiger partial charge in [-0.3, -0.25) is 14.5 Å². The molecule has 1 aliphatic rings. The van der Waals surface area contributed by atoms with Crippen molar-refractivity contribution in [2.75, 3.05) is 38.0 Å². The number of benzene rings is 1. The smallest absolute Gasteiger partial charge is 0.270 e.